The molecular weight excluding hydrogens is 307 g/mol. The predicted molar refractivity (Wildman–Crippen MR) is 87.9 cm³/mol. The molecule has 0 radical (unpaired) electrons. The van der Waals surface area contributed by atoms with Gasteiger partial charge in [0.15, 0.2) is 11.5 Å². The Bertz CT molecular complexity index is 695. The standard InChI is InChI=1S/C20H25FO3/c1-11-8-15-14-5-4-12-9-13(22)6-7-19(12,3)20(14,21)16(23)10-18(15,2)17(11)24/h6-7,9,11,14-16,23H,4-5,8,10H2,1-3H3/t11-,14-,15+,16-,18-,19-,20+/m0/s1. The van der Waals surface area contributed by atoms with E-state index in [0.29, 0.717) is 19.3 Å². The number of carbonyl (C=O) groups is 2. The topological polar surface area (TPSA) is 54.4 Å². The molecule has 0 aliphatic heterocycles. The highest BCUT2D eigenvalue weighted by molar-refractivity contribution is 6.01. The second-order valence-electron chi connectivity index (χ2n) is 8.77. The predicted octanol–water partition coefficient (Wildman–Crippen LogP) is 3.17. The molecule has 0 spiro atoms. The van der Waals surface area contributed by atoms with E-state index in [1.54, 1.807) is 19.1 Å². The van der Waals surface area contributed by atoms with E-state index in [9.17, 15) is 14.7 Å². The Morgan fingerprint density at radius 3 is 2.67 bits per heavy atom. The molecule has 0 aromatic rings. The number of carbonyl (C=O) groups excluding carboxylic acids is 2. The van der Waals surface area contributed by atoms with E-state index < -0.39 is 22.6 Å². The Morgan fingerprint density at radius 1 is 1.25 bits per heavy atom. The molecule has 0 aromatic carbocycles. The number of allylic oxidation sites excluding steroid dienone is 4. The number of hydrogen-bond donors (Lipinski definition) is 1. The van der Waals surface area contributed by atoms with Gasteiger partial charge in [-0.05, 0) is 50.7 Å². The van der Waals surface area contributed by atoms with Crippen molar-refractivity contribution < 1.29 is 19.1 Å². The van der Waals surface area contributed by atoms with Gasteiger partial charge in [-0.2, -0.15) is 0 Å². The van der Waals surface area contributed by atoms with E-state index in [0.717, 1.165) is 5.57 Å². The number of Topliss-reactive ketones (excluding diaryl/α,β-unsaturated/α-hetero) is 1. The fraction of sp³-hybridized carbons (Fsp3) is 0.700. The summed E-state index contributed by atoms with van der Waals surface area (Å²) in [5.41, 5.74) is -2.61. The Labute approximate surface area is 142 Å². The zero-order valence-electron chi connectivity index (χ0n) is 14.5. The summed E-state index contributed by atoms with van der Waals surface area (Å²) in [5, 5.41) is 10.9. The molecule has 0 saturated heterocycles. The molecule has 0 amide bonds. The van der Waals surface area contributed by atoms with Crippen LogP contribution in [0.3, 0.4) is 0 Å². The van der Waals surface area contributed by atoms with E-state index in [1.165, 1.54) is 6.08 Å². The molecule has 4 aliphatic rings. The van der Waals surface area contributed by atoms with Crippen molar-refractivity contribution in [3.8, 4) is 0 Å². The van der Waals surface area contributed by atoms with Gasteiger partial charge in [0.1, 0.15) is 5.78 Å². The van der Waals surface area contributed by atoms with Gasteiger partial charge in [0.2, 0.25) is 0 Å². The van der Waals surface area contributed by atoms with Crippen LogP contribution in [-0.4, -0.2) is 28.4 Å². The smallest absolute Gasteiger partial charge is 0.178 e. The molecule has 4 heteroatoms. The van der Waals surface area contributed by atoms with Crippen molar-refractivity contribution in [3.63, 3.8) is 0 Å². The molecule has 0 unspecified atom stereocenters. The lowest BCUT2D eigenvalue weighted by Crippen LogP contribution is -2.66. The van der Waals surface area contributed by atoms with Crippen LogP contribution in [0.5, 0.6) is 0 Å². The molecule has 130 valence electrons. The van der Waals surface area contributed by atoms with Crippen LogP contribution in [0.25, 0.3) is 0 Å². The van der Waals surface area contributed by atoms with Crippen LogP contribution in [0.1, 0.15) is 46.5 Å². The lowest BCUT2D eigenvalue weighted by atomic mass is 9.46. The number of rotatable bonds is 0. The number of aliphatic hydroxyl groups excluding tert-OH is 1. The summed E-state index contributed by atoms with van der Waals surface area (Å²) in [4.78, 5) is 24.4. The maximum atomic E-state index is 16.6. The van der Waals surface area contributed by atoms with Crippen LogP contribution in [0.15, 0.2) is 23.8 Å². The van der Waals surface area contributed by atoms with Gasteiger partial charge in [-0.15, -0.1) is 0 Å². The van der Waals surface area contributed by atoms with E-state index in [2.05, 4.69) is 0 Å². The molecule has 0 heterocycles. The largest absolute Gasteiger partial charge is 0.390 e. The third-order valence-electron chi connectivity index (χ3n) is 7.65. The van der Waals surface area contributed by atoms with Crippen molar-refractivity contribution in [2.24, 2.45) is 28.6 Å². The van der Waals surface area contributed by atoms with Crippen molar-refractivity contribution in [3.05, 3.63) is 23.8 Å². The first-order chi connectivity index (χ1) is 11.1. The average molecular weight is 332 g/mol. The van der Waals surface area contributed by atoms with Crippen LogP contribution >= 0.6 is 0 Å². The third-order valence-corrected chi connectivity index (χ3v) is 7.65. The Hall–Kier alpha value is -1.29. The SMILES string of the molecule is C[C@H]1C[C@@H]2[C@@H]3CCC4=CC(=O)C=C[C@]4(C)[C@]3(F)[C@@H](O)C[C@]2(C)C1=O. The number of aliphatic hydroxyl groups is 1. The monoisotopic (exact) mass is 332 g/mol. The lowest BCUT2D eigenvalue weighted by Gasteiger charge is -2.60. The molecule has 4 aliphatic carbocycles. The van der Waals surface area contributed by atoms with E-state index in [-0.39, 0.29) is 35.7 Å². The molecule has 7 atom stereocenters. The van der Waals surface area contributed by atoms with Gasteiger partial charge in [0.25, 0.3) is 0 Å². The van der Waals surface area contributed by atoms with Crippen LogP contribution in [0.4, 0.5) is 4.39 Å². The normalized spacial score (nSPS) is 53.3. The molecule has 3 saturated carbocycles. The fourth-order valence-corrected chi connectivity index (χ4v) is 6.33. The van der Waals surface area contributed by atoms with Crippen LogP contribution in [-0.2, 0) is 9.59 Å². The first-order valence-corrected chi connectivity index (χ1v) is 9.00. The third kappa shape index (κ3) is 1.66. The van der Waals surface area contributed by atoms with Crippen molar-refractivity contribution >= 4 is 11.6 Å². The quantitative estimate of drug-likeness (QED) is 0.741. The van der Waals surface area contributed by atoms with Gasteiger partial charge in [0.05, 0.1) is 6.10 Å². The first-order valence-electron chi connectivity index (χ1n) is 9.00. The first kappa shape index (κ1) is 16.2. The number of fused-ring (bicyclic) bond motifs is 5. The van der Waals surface area contributed by atoms with Gasteiger partial charge >= 0.3 is 0 Å². The van der Waals surface area contributed by atoms with Crippen LogP contribution in [0, 0.1) is 28.6 Å². The summed E-state index contributed by atoms with van der Waals surface area (Å²) in [5.74, 6) is -0.375. The van der Waals surface area contributed by atoms with E-state index >= 15 is 4.39 Å². The van der Waals surface area contributed by atoms with E-state index in [1.807, 2.05) is 13.8 Å². The summed E-state index contributed by atoms with van der Waals surface area (Å²) < 4.78 is 16.6. The maximum Gasteiger partial charge on any atom is 0.178 e. The fourth-order valence-electron chi connectivity index (χ4n) is 6.33. The lowest BCUT2D eigenvalue weighted by molar-refractivity contribution is -0.190. The zero-order chi connectivity index (χ0) is 17.5. The Balaban J connectivity index is 1.84. The van der Waals surface area contributed by atoms with Crippen LogP contribution in [0.2, 0.25) is 0 Å². The van der Waals surface area contributed by atoms with Gasteiger partial charge in [-0.25, -0.2) is 4.39 Å². The minimum Gasteiger partial charge on any atom is -0.390 e. The average Bonchev–Trinajstić information content (AvgIpc) is 2.74. The van der Waals surface area contributed by atoms with Crippen molar-refractivity contribution in [2.75, 3.05) is 0 Å². The Morgan fingerprint density at radius 2 is 1.96 bits per heavy atom. The number of halogens is 1. The highest BCUT2D eigenvalue weighted by Gasteiger charge is 2.71. The molecule has 1 N–H and O–H groups in total. The molecule has 3 nitrogen and oxygen atoms in total. The highest BCUT2D eigenvalue weighted by atomic mass is 19.1. The second kappa shape index (κ2) is 4.66. The minimum atomic E-state index is -1.82. The van der Waals surface area contributed by atoms with Gasteiger partial charge in [-0.3, -0.25) is 9.59 Å². The Kier molecular flexibility index (Phi) is 3.14. The second-order valence-corrected chi connectivity index (χ2v) is 8.77. The van der Waals surface area contributed by atoms with Gasteiger partial charge < -0.3 is 5.11 Å². The minimum absolute atomic E-state index is 0.0298. The molecule has 24 heavy (non-hydrogen) atoms. The van der Waals surface area contributed by atoms with Crippen molar-refractivity contribution in [1.82, 2.24) is 0 Å². The summed E-state index contributed by atoms with van der Waals surface area (Å²) >= 11 is 0. The van der Waals surface area contributed by atoms with Gasteiger partial charge in [-0.1, -0.05) is 25.5 Å². The molecule has 0 bridgehead atoms. The number of hydrogen-bond acceptors (Lipinski definition) is 3. The van der Waals surface area contributed by atoms with Crippen molar-refractivity contribution in [1.29, 1.82) is 0 Å². The zero-order valence-corrected chi connectivity index (χ0v) is 14.5. The summed E-state index contributed by atoms with van der Waals surface area (Å²) in [6, 6.07) is 0. The van der Waals surface area contributed by atoms with Crippen LogP contribution < -0.4 is 0 Å². The number of ketones is 2. The number of alkyl halides is 1. The summed E-state index contributed by atoms with van der Waals surface area (Å²) in [6.07, 6.45) is 5.57. The molecular formula is C20H25FO3. The highest BCUT2D eigenvalue weighted by Crippen LogP contribution is 2.67. The maximum absolute atomic E-state index is 16.6. The molecule has 0 aromatic heterocycles. The summed E-state index contributed by atoms with van der Waals surface area (Å²) in [7, 11) is 0. The van der Waals surface area contributed by atoms with Crippen molar-refractivity contribution in [2.45, 2.75) is 58.2 Å². The van der Waals surface area contributed by atoms with E-state index in [4.69, 9.17) is 0 Å². The summed E-state index contributed by atoms with van der Waals surface area (Å²) in [6.45, 7) is 5.65. The molecule has 4 rings (SSSR count). The molecule has 3 fully saturated rings. The van der Waals surface area contributed by atoms with Gasteiger partial charge in [0, 0.05) is 22.7 Å².